The van der Waals surface area contributed by atoms with Crippen molar-refractivity contribution in [1.82, 2.24) is 14.9 Å². The normalized spacial score (nSPS) is 27.2. The van der Waals surface area contributed by atoms with Crippen LogP contribution in [0.3, 0.4) is 0 Å². The first-order chi connectivity index (χ1) is 11.7. The molecule has 5 nitrogen and oxygen atoms in total. The average molecular weight is 360 g/mol. The largest absolute Gasteiger partial charge is 0.444 e. The van der Waals surface area contributed by atoms with Crippen molar-refractivity contribution < 1.29 is 9.53 Å². The zero-order chi connectivity index (χ0) is 17.9. The number of carbonyl (C=O) groups is 1. The number of benzene rings is 1. The highest BCUT2D eigenvalue weighted by Gasteiger charge is 2.70. The minimum atomic E-state index is -0.469. The molecule has 0 saturated heterocycles. The average Bonchev–Trinajstić information content (AvgIpc) is 2.89. The fourth-order valence-corrected chi connectivity index (χ4v) is 4.14. The van der Waals surface area contributed by atoms with Gasteiger partial charge in [-0.1, -0.05) is 23.7 Å². The van der Waals surface area contributed by atoms with Gasteiger partial charge in [-0.25, -0.2) is 9.78 Å². The van der Waals surface area contributed by atoms with Gasteiger partial charge in [0.1, 0.15) is 5.60 Å². The van der Waals surface area contributed by atoms with Gasteiger partial charge >= 0.3 is 6.09 Å². The summed E-state index contributed by atoms with van der Waals surface area (Å²) in [5, 5.41) is 3.77. The third-order valence-electron chi connectivity index (χ3n) is 5.04. The van der Waals surface area contributed by atoms with Gasteiger partial charge in [0.05, 0.1) is 23.1 Å². The molecule has 0 unspecified atom stereocenters. The Labute approximate surface area is 152 Å². The number of nitrogens with one attached hydrogen (secondary N) is 1. The molecule has 1 aromatic carbocycles. The third-order valence-corrected chi connectivity index (χ3v) is 5.29. The van der Waals surface area contributed by atoms with Crippen LogP contribution in [0.4, 0.5) is 4.79 Å². The predicted octanol–water partition coefficient (Wildman–Crippen LogP) is 4.36. The first-order valence-corrected chi connectivity index (χ1v) is 8.88. The molecule has 3 aliphatic rings. The lowest BCUT2D eigenvalue weighted by atomic mass is 9.44. The minimum Gasteiger partial charge on any atom is -0.444 e. The van der Waals surface area contributed by atoms with E-state index >= 15 is 0 Å². The first kappa shape index (κ1) is 16.5. The molecular weight excluding hydrogens is 338 g/mol. The highest BCUT2D eigenvalue weighted by molar-refractivity contribution is 6.30. The molecule has 25 heavy (non-hydrogen) atoms. The number of ether oxygens (including phenoxy) is 1. The number of imidazole rings is 1. The maximum Gasteiger partial charge on any atom is 0.408 e. The van der Waals surface area contributed by atoms with Crippen LogP contribution in [0.5, 0.6) is 0 Å². The molecule has 0 spiro atoms. The second-order valence-corrected chi connectivity index (χ2v) is 8.77. The van der Waals surface area contributed by atoms with E-state index in [0.717, 1.165) is 35.5 Å². The van der Waals surface area contributed by atoms with E-state index < -0.39 is 5.60 Å². The Hall–Kier alpha value is -2.01. The zero-order valence-corrected chi connectivity index (χ0v) is 15.4. The van der Waals surface area contributed by atoms with Crippen LogP contribution in [0.15, 0.2) is 36.8 Å². The Bertz CT molecular complexity index is 800. The summed E-state index contributed by atoms with van der Waals surface area (Å²) < 4.78 is 7.55. The summed E-state index contributed by atoms with van der Waals surface area (Å²) in [5.74, 6) is 0. The van der Waals surface area contributed by atoms with E-state index in [1.807, 2.05) is 51.4 Å². The second kappa shape index (κ2) is 5.24. The van der Waals surface area contributed by atoms with Gasteiger partial charge in [-0.3, -0.25) is 0 Å². The zero-order valence-electron chi connectivity index (χ0n) is 14.7. The number of hydrogen-bond donors (Lipinski definition) is 1. The van der Waals surface area contributed by atoms with E-state index in [1.165, 1.54) is 0 Å². The fourth-order valence-electron chi connectivity index (χ4n) is 4.01. The molecule has 3 saturated carbocycles. The van der Waals surface area contributed by atoms with Crippen LogP contribution < -0.4 is 5.32 Å². The minimum absolute atomic E-state index is 0.0900. The van der Waals surface area contributed by atoms with Crippen LogP contribution in [0.2, 0.25) is 5.02 Å². The lowest BCUT2D eigenvalue weighted by Crippen LogP contribution is -2.78. The second-order valence-electron chi connectivity index (χ2n) is 8.33. The summed E-state index contributed by atoms with van der Waals surface area (Å²) in [7, 11) is 0. The van der Waals surface area contributed by atoms with Gasteiger partial charge < -0.3 is 14.6 Å². The Balaban J connectivity index is 1.40. The number of halogens is 1. The first-order valence-electron chi connectivity index (χ1n) is 8.50. The van der Waals surface area contributed by atoms with E-state index in [-0.39, 0.29) is 17.2 Å². The summed E-state index contributed by atoms with van der Waals surface area (Å²) >= 11 is 5.94. The van der Waals surface area contributed by atoms with Crippen molar-refractivity contribution in [3.05, 3.63) is 41.8 Å². The van der Waals surface area contributed by atoms with E-state index in [0.29, 0.717) is 0 Å². The molecule has 0 atom stereocenters. The molecule has 132 valence electrons. The highest BCUT2D eigenvalue weighted by Crippen LogP contribution is 2.65. The number of amides is 1. The highest BCUT2D eigenvalue weighted by atomic mass is 35.5. The maximum atomic E-state index is 12.0. The number of aromatic nitrogens is 2. The molecule has 3 fully saturated rings. The maximum absolute atomic E-state index is 12.0. The Morgan fingerprint density at radius 2 is 1.88 bits per heavy atom. The number of carbonyl (C=O) groups excluding carboxylic acids is 1. The van der Waals surface area contributed by atoms with Gasteiger partial charge in [-0.15, -0.1) is 0 Å². The standard InChI is InChI=1S/C19H22ClN3O2/c1-17(2,3)25-16(24)22-18-9-19(10-18,11-18)23-8-15(21-12-23)13-4-6-14(20)7-5-13/h4-8,12H,9-11H2,1-3H3,(H,22,24). The molecular formula is C19H22ClN3O2. The van der Waals surface area contributed by atoms with Crippen molar-refractivity contribution in [2.75, 3.05) is 0 Å². The summed E-state index contributed by atoms with van der Waals surface area (Å²) in [5.41, 5.74) is 1.51. The van der Waals surface area contributed by atoms with Crippen molar-refractivity contribution in [3.8, 4) is 11.3 Å². The molecule has 1 amide bonds. The molecule has 0 radical (unpaired) electrons. The topological polar surface area (TPSA) is 56.1 Å². The smallest absolute Gasteiger partial charge is 0.408 e. The molecule has 0 aliphatic heterocycles. The van der Waals surface area contributed by atoms with E-state index in [1.54, 1.807) is 0 Å². The predicted molar refractivity (Wildman–Crippen MR) is 96.6 cm³/mol. The Morgan fingerprint density at radius 3 is 2.48 bits per heavy atom. The van der Waals surface area contributed by atoms with Crippen molar-refractivity contribution in [2.45, 2.75) is 56.7 Å². The summed E-state index contributed by atoms with van der Waals surface area (Å²) in [6, 6.07) is 7.69. The van der Waals surface area contributed by atoms with E-state index in [9.17, 15) is 4.79 Å². The van der Waals surface area contributed by atoms with Crippen molar-refractivity contribution in [2.24, 2.45) is 0 Å². The van der Waals surface area contributed by atoms with Crippen LogP contribution in [-0.4, -0.2) is 26.8 Å². The van der Waals surface area contributed by atoms with Crippen molar-refractivity contribution in [3.63, 3.8) is 0 Å². The molecule has 5 rings (SSSR count). The van der Waals surface area contributed by atoms with Crippen LogP contribution >= 0.6 is 11.6 Å². The summed E-state index contributed by atoms with van der Waals surface area (Å²) in [6.07, 6.45) is 6.43. The Kier molecular flexibility index (Phi) is 3.45. The quantitative estimate of drug-likeness (QED) is 0.885. The van der Waals surface area contributed by atoms with Gasteiger partial charge in [0.15, 0.2) is 0 Å². The molecule has 3 aliphatic carbocycles. The van der Waals surface area contributed by atoms with E-state index in [4.69, 9.17) is 16.3 Å². The molecule has 1 aromatic heterocycles. The molecule has 1 heterocycles. The Morgan fingerprint density at radius 1 is 1.24 bits per heavy atom. The van der Waals surface area contributed by atoms with Gasteiger partial charge in [-0.05, 0) is 52.2 Å². The van der Waals surface area contributed by atoms with Gasteiger partial charge in [-0.2, -0.15) is 0 Å². The summed E-state index contributed by atoms with van der Waals surface area (Å²) in [4.78, 5) is 16.5. The lowest BCUT2D eigenvalue weighted by Gasteiger charge is -2.70. The van der Waals surface area contributed by atoms with E-state index in [2.05, 4.69) is 21.1 Å². The van der Waals surface area contributed by atoms with Crippen molar-refractivity contribution in [1.29, 1.82) is 0 Å². The van der Waals surface area contributed by atoms with Crippen LogP contribution in [0.25, 0.3) is 11.3 Å². The number of hydrogen-bond acceptors (Lipinski definition) is 3. The third kappa shape index (κ3) is 2.91. The molecule has 6 heteroatoms. The SMILES string of the molecule is CC(C)(C)OC(=O)NC12CC(n3cnc(-c4ccc(Cl)cc4)c3)(C1)C2. The van der Waals surface area contributed by atoms with Gasteiger partial charge in [0.2, 0.25) is 0 Å². The summed E-state index contributed by atoms with van der Waals surface area (Å²) in [6.45, 7) is 5.62. The number of nitrogens with zero attached hydrogens (tertiary/aromatic N) is 2. The molecule has 2 bridgehead atoms. The monoisotopic (exact) mass is 359 g/mol. The number of rotatable bonds is 3. The molecule has 2 aromatic rings. The van der Waals surface area contributed by atoms with Crippen LogP contribution in [0, 0.1) is 0 Å². The van der Waals surface area contributed by atoms with Crippen LogP contribution in [-0.2, 0) is 10.3 Å². The van der Waals surface area contributed by atoms with Crippen LogP contribution in [0.1, 0.15) is 40.0 Å². The number of alkyl carbamates (subject to hydrolysis) is 1. The van der Waals surface area contributed by atoms with Gasteiger partial charge in [0.25, 0.3) is 0 Å². The van der Waals surface area contributed by atoms with Crippen molar-refractivity contribution >= 4 is 17.7 Å². The fraction of sp³-hybridized carbons (Fsp3) is 0.474. The molecule has 1 N–H and O–H groups in total. The van der Waals surface area contributed by atoms with Gasteiger partial charge in [0, 0.05) is 16.8 Å². The lowest BCUT2D eigenvalue weighted by molar-refractivity contribution is -0.136.